The zero-order valence-corrected chi connectivity index (χ0v) is 29.0. The number of halogens is 2. The number of benzene rings is 2. The summed E-state index contributed by atoms with van der Waals surface area (Å²) in [5.74, 6) is -0.482. The quantitative estimate of drug-likeness (QED) is 0.220. The van der Waals surface area contributed by atoms with Gasteiger partial charge in [0.15, 0.2) is 0 Å². The van der Waals surface area contributed by atoms with Gasteiger partial charge in [-0.15, -0.1) is 9.19 Å². The molecule has 3 heterocycles. The standard InChI is InChI=1S/C14H18N4O3.C13H13BrFN5O4S2/c1-3-4-9-15-13(19)18-11-8-6-5-7-10(11)16-12(18)17-14(20)21-2;1-8-12(14)10-5-4-9(15)6-11(10)20(8)25(21,22)13-16-7-19(17-13)26(23,24)18(2)3/h5-8H,3-4,9H2,1-2H3,(H,15,19)(H,16,17,20);4-7H,1-3H3. The van der Waals surface area contributed by atoms with Crippen LogP contribution in [0.1, 0.15) is 25.5 Å². The number of ether oxygens (including phenoxy) is 1. The maximum atomic E-state index is 13.7. The lowest BCUT2D eigenvalue weighted by Gasteiger charge is -2.09. The summed E-state index contributed by atoms with van der Waals surface area (Å²) in [5, 5.41) is 8.60. The first-order valence-electron chi connectivity index (χ1n) is 13.8. The SMILES string of the molecule is CCCCNC(=O)n1c(NC(=O)OC)nc2ccccc21.Cc1c(Br)c2ccc(F)cc2n1S(=O)(=O)c1ncn(S(=O)(=O)N(C)C)n1. The molecule has 2 amide bonds. The third-order valence-electron chi connectivity index (χ3n) is 6.63. The Morgan fingerprint density at radius 2 is 1.79 bits per heavy atom. The first-order chi connectivity index (χ1) is 22.1. The fraction of sp³-hybridized carbons (Fsp3) is 0.296. The molecule has 0 spiro atoms. The van der Waals surface area contributed by atoms with E-state index in [-0.39, 0.29) is 23.2 Å². The van der Waals surface area contributed by atoms with Gasteiger partial charge in [-0.25, -0.2) is 32.5 Å². The molecule has 0 bridgehead atoms. The Morgan fingerprint density at radius 3 is 2.45 bits per heavy atom. The summed E-state index contributed by atoms with van der Waals surface area (Å²) in [6.07, 6.45) is 1.99. The van der Waals surface area contributed by atoms with Crippen LogP contribution in [0.15, 0.2) is 58.4 Å². The molecular weight excluding hydrogens is 725 g/mol. The van der Waals surface area contributed by atoms with E-state index in [0.717, 1.165) is 33.5 Å². The summed E-state index contributed by atoms with van der Waals surface area (Å²) >= 11 is 3.29. The molecule has 0 unspecified atom stereocenters. The van der Waals surface area contributed by atoms with Gasteiger partial charge < -0.3 is 10.1 Å². The molecule has 0 saturated heterocycles. The number of anilines is 1. The van der Waals surface area contributed by atoms with Crippen molar-refractivity contribution in [2.24, 2.45) is 0 Å². The lowest BCUT2D eigenvalue weighted by Crippen LogP contribution is -2.31. The first kappa shape index (κ1) is 35.5. The first-order valence-corrected chi connectivity index (χ1v) is 17.4. The fourth-order valence-electron chi connectivity index (χ4n) is 4.25. The summed E-state index contributed by atoms with van der Waals surface area (Å²) in [6.45, 7) is 4.13. The van der Waals surface area contributed by atoms with E-state index in [1.807, 2.05) is 19.1 Å². The minimum Gasteiger partial charge on any atom is -0.453 e. The number of amides is 2. The van der Waals surface area contributed by atoms with Crippen molar-refractivity contribution in [1.29, 1.82) is 0 Å². The monoisotopic (exact) mass is 755 g/mol. The second kappa shape index (κ2) is 14.2. The van der Waals surface area contributed by atoms with Crippen molar-refractivity contribution < 1.29 is 35.6 Å². The third kappa shape index (κ3) is 7.14. The summed E-state index contributed by atoms with van der Waals surface area (Å²) in [6, 6.07) is 10.5. The molecule has 20 heteroatoms. The lowest BCUT2D eigenvalue weighted by atomic mass is 10.2. The molecule has 0 aliphatic heterocycles. The van der Waals surface area contributed by atoms with Gasteiger partial charge in [-0.2, -0.15) is 21.1 Å². The Hall–Kier alpha value is -4.40. The van der Waals surface area contributed by atoms with Crippen LogP contribution in [-0.2, 0) is 25.0 Å². The number of imidazole rings is 1. The van der Waals surface area contributed by atoms with Crippen molar-refractivity contribution >= 4 is 76.2 Å². The van der Waals surface area contributed by atoms with Crippen LogP contribution in [-0.4, -0.2) is 88.7 Å². The zero-order chi connectivity index (χ0) is 34.7. The number of fused-ring (bicyclic) bond motifs is 2. The highest BCUT2D eigenvalue weighted by atomic mass is 79.9. The van der Waals surface area contributed by atoms with Crippen LogP contribution in [0.2, 0.25) is 0 Å². The molecular formula is C27H31BrFN9O7S2. The number of para-hydroxylation sites is 2. The number of nitrogens with zero attached hydrogens (tertiary/aromatic N) is 7. The van der Waals surface area contributed by atoms with Crippen LogP contribution in [0.25, 0.3) is 21.9 Å². The van der Waals surface area contributed by atoms with Crippen molar-refractivity contribution in [3.05, 3.63) is 64.8 Å². The number of carbonyl (C=O) groups excluding carboxylic acids is 2. The van der Waals surface area contributed by atoms with E-state index < -0.39 is 37.3 Å². The molecule has 2 aromatic carbocycles. The van der Waals surface area contributed by atoms with E-state index in [1.54, 1.807) is 12.1 Å². The Morgan fingerprint density at radius 1 is 1.09 bits per heavy atom. The number of aromatic nitrogens is 6. The van der Waals surface area contributed by atoms with Crippen molar-refractivity contribution in [2.45, 2.75) is 31.8 Å². The van der Waals surface area contributed by atoms with Gasteiger partial charge in [-0.1, -0.05) is 25.5 Å². The second-order valence-electron chi connectivity index (χ2n) is 9.98. The highest BCUT2D eigenvalue weighted by Crippen LogP contribution is 2.33. The maximum Gasteiger partial charge on any atom is 0.413 e. The zero-order valence-electron chi connectivity index (χ0n) is 25.8. The smallest absolute Gasteiger partial charge is 0.413 e. The van der Waals surface area contributed by atoms with Crippen LogP contribution >= 0.6 is 15.9 Å². The molecule has 0 fully saturated rings. The van der Waals surface area contributed by atoms with E-state index in [2.05, 4.69) is 46.4 Å². The second-order valence-corrected chi connectivity index (χ2v) is 14.5. The van der Waals surface area contributed by atoms with Gasteiger partial charge in [0.2, 0.25) is 5.95 Å². The van der Waals surface area contributed by atoms with Gasteiger partial charge in [-0.3, -0.25) is 5.32 Å². The highest BCUT2D eigenvalue weighted by molar-refractivity contribution is 9.10. The molecule has 0 atom stereocenters. The lowest BCUT2D eigenvalue weighted by molar-refractivity contribution is 0.186. The van der Waals surface area contributed by atoms with Crippen LogP contribution in [0.3, 0.4) is 0 Å². The van der Waals surface area contributed by atoms with Gasteiger partial charge in [-0.05, 0) is 59.6 Å². The van der Waals surface area contributed by atoms with Gasteiger partial charge in [0, 0.05) is 36.2 Å². The van der Waals surface area contributed by atoms with E-state index in [4.69, 9.17) is 0 Å². The van der Waals surface area contributed by atoms with Gasteiger partial charge in [0.05, 0.1) is 23.7 Å². The minimum absolute atomic E-state index is 0.0844. The number of hydrogen-bond acceptors (Lipinski definition) is 10. The number of rotatable bonds is 8. The van der Waals surface area contributed by atoms with E-state index in [0.29, 0.717) is 31.5 Å². The average Bonchev–Trinajstić information content (AvgIpc) is 3.73. The fourth-order valence-corrected chi connectivity index (χ4v) is 7.01. The van der Waals surface area contributed by atoms with Crippen LogP contribution in [0, 0.1) is 12.7 Å². The highest BCUT2D eigenvalue weighted by Gasteiger charge is 2.30. The normalized spacial score (nSPS) is 11.8. The number of hydrogen-bond donors (Lipinski definition) is 2. The Balaban J connectivity index is 0.000000218. The van der Waals surface area contributed by atoms with Crippen LogP contribution < -0.4 is 10.6 Å². The molecule has 0 aliphatic carbocycles. The van der Waals surface area contributed by atoms with Gasteiger partial charge >= 0.3 is 32.4 Å². The van der Waals surface area contributed by atoms with E-state index in [1.165, 1.54) is 44.8 Å². The molecule has 0 radical (unpaired) electrons. The Bertz CT molecular complexity index is 2180. The van der Waals surface area contributed by atoms with Crippen molar-refractivity contribution in [1.82, 2.24) is 37.3 Å². The maximum absolute atomic E-state index is 13.7. The number of carbonyl (C=O) groups is 2. The molecule has 5 rings (SSSR count). The molecule has 0 aliphatic rings. The number of unbranched alkanes of at least 4 members (excludes halogenated alkanes) is 1. The van der Waals surface area contributed by atoms with E-state index in [9.17, 15) is 30.8 Å². The Kier molecular flexibility index (Phi) is 10.7. The topological polar surface area (TPSA) is 192 Å². The molecule has 0 saturated carbocycles. The largest absolute Gasteiger partial charge is 0.453 e. The van der Waals surface area contributed by atoms with Gasteiger partial charge in [0.1, 0.15) is 12.1 Å². The number of methoxy groups -OCH3 is 1. The van der Waals surface area contributed by atoms with E-state index >= 15 is 0 Å². The van der Waals surface area contributed by atoms with Gasteiger partial charge in [0.25, 0.3) is 5.16 Å². The molecule has 16 nitrogen and oxygen atoms in total. The predicted octanol–water partition coefficient (Wildman–Crippen LogP) is 3.91. The number of nitrogens with one attached hydrogen (secondary N) is 2. The van der Waals surface area contributed by atoms with Crippen molar-refractivity contribution in [3.8, 4) is 0 Å². The van der Waals surface area contributed by atoms with Crippen molar-refractivity contribution in [2.75, 3.05) is 33.1 Å². The Labute approximate surface area is 277 Å². The summed E-state index contributed by atoms with van der Waals surface area (Å²) in [7, 11) is -4.58. The summed E-state index contributed by atoms with van der Waals surface area (Å²) in [4.78, 5) is 31.5. The molecule has 2 N–H and O–H groups in total. The van der Waals surface area contributed by atoms with Crippen molar-refractivity contribution in [3.63, 3.8) is 0 Å². The minimum atomic E-state index is -4.36. The third-order valence-corrected chi connectivity index (χ3v) is 10.8. The predicted molar refractivity (Wildman–Crippen MR) is 174 cm³/mol. The average molecular weight is 757 g/mol. The van der Waals surface area contributed by atoms with Crippen LogP contribution in [0.5, 0.6) is 0 Å². The van der Waals surface area contributed by atoms with Crippen LogP contribution in [0.4, 0.5) is 19.9 Å². The molecule has 5 aromatic rings. The molecule has 252 valence electrons. The molecule has 3 aromatic heterocycles. The summed E-state index contributed by atoms with van der Waals surface area (Å²) < 4.78 is 72.3. The molecule has 47 heavy (non-hydrogen) atoms. The summed E-state index contributed by atoms with van der Waals surface area (Å²) in [5.41, 5.74) is 1.60.